The molecule has 46 nitrogen and oxygen atoms in total. The molecule has 0 aliphatic carbocycles. The SMILES string of the molecule is C.CN[C@H](CC(C)C)C(=O)NC1C(=O)N[C@@H](CC(N)=O)C(=O)N[C@H]2C(=O)N[C@H]3C(=O)N[C@H](C(=O)N[C@@H](C(=O)O)c4cc(O)c(CNCC[N+](C)(C)C)c(O)c4-c4cc3ccc4O)[C@H](OC3C[C@](C)(N)[C@@H](O)[C@H](C)O3)c3ccc(c(Cl)c3)Oc3cc2cc(c3O[C@@H]2O[C@H](CO)[C@@H](O[C@@H]3O[C@H](CNCCn4ccc(NC(=O)c5ccc(OC(F)(F)F)cc5)nc4=O)[C@H](O)[C@H](O)[C@H]3O)[C@H](O)[C@H]2O)Oc2ccc(cc2Cl)[C@H]1O.[Cl-]. The predicted molar refractivity (Wildman–Crippen MR) is 499 cm³/mol. The number of halogens is 6. The summed E-state index contributed by atoms with van der Waals surface area (Å²) in [7, 11) is 7.12. The number of fused-ring (bicyclic) bond motifs is 15. The number of nitrogens with one attached hydrogen (secondary N) is 10. The Bertz CT molecular complexity index is 5970. The van der Waals surface area contributed by atoms with E-state index in [1.165, 1.54) is 39.2 Å². The molecular weight excluding hydrogens is 1990 g/mol. The molecule has 6 aromatic carbocycles. The Balaban J connectivity index is 0.0000100. The number of aromatic nitrogens is 2. The van der Waals surface area contributed by atoms with Crippen molar-refractivity contribution in [1.82, 2.24) is 57.4 Å². The minimum absolute atomic E-state index is 0. The minimum atomic E-state index is -4.99. The highest BCUT2D eigenvalue weighted by molar-refractivity contribution is 6.32. The Labute approximate surface area is 841 Å². The van der Waals surface area contributed by atoms with Crippen molar-refractivity contribution < 1.29 is 177 Å². The van der Waals surface area contributed by atoms with Gasteiger partial charge < -0.3 is 185 Å². The van der Waals surface area contributed by atoms with Crippen molar-refractivity contribution in [3.8, 4) is 62.9 Å². The van der Waals surface area contributed by atoms with E-state index < -0.39 is 321 Å². The van der Waals surface area contributed by atoms with Crippen molar-refractivity contribution in [3.63, 3.8) is 0 Å². The van der Waals surface area contributed by atoms with Crippen LogP contribution in [0.1, 0.15) is 128 Å². The van der Waals surface area contributed by atoms with Crippen molar-refractivity contribution in [2.75, 3.05) is 66.3 Å². The number of quaternary nitrogens is 1. The number of phenols is 3. The van der Waals surface area contributed by atoms with Gasteiger partial charge in [-0.25, -0.2) is 9.59 Å². The molecule has 11 bridgehead atoms. The number of hydrogen-bond acceptors (Lipinski definition) is 35. The quantitative estimate of drug-likeness (QED) is 0.0176. The number of likely N-dealkylation sites (N-methyl/N-ethyl adjacent to an activating group) is 2. The third-order valence-corrected chi connectivity index (χ3v) is 25.2. The summed E-state index contributed by atoms with van der Waals surface area (Å²) in [5, 5.41) is 168. The first-order valence-corrected chi connectivity index (χ1v) is 45.7. The van der Waals surface area contributed by atoms with E-state index in [0.717, 1.165) is 95.6 Å². The highest BCUT2D eigenvalue weighted by Crippen LogP contribution is 2.51. The largest absolute Gasteiger partial charge is 1.00 e. The van der Waals surface area contributed by atoms with Crippen LogP contribution >= 0.6 is 23.2 Å². The Morgan fingerprint density at radius 3 is 1.92 bits per heavy atom. The maximum atomic E-state index is 16.7. The van der Waals surface area contributed by atoms with Gasteiger partial charge in [-0.05, 0) is 140 Å². The van der Waals surface area contributed by atoms with Crippen LogP contribution < -0.4 is 102 Å². The van der Waals surface area contributed by atoms with Gasteiger partial charge >= 0.3 is 18.0 Å². The molecule has 0 spiro atoms. The van der Waals surface area contributed by atoms with Crippen LogP contribution in [0.15, 0.2) is 114 Å². The number of carbonyl (C=O) groups excluding carboxylic acids is 8. The van der Waals surface area contributed by atoms with Gasteiger partial charge in [0.15, 0.2) is 30.1 Å². The average molecular weight is 2100 g/mol. The number of anilines is 1. The lowest BCUT2D eigenvalue weighted by Crippen LogP contribution is -3.00. The first-order chi connectivity index (χ1) is 67.4. The van der Waals surface area contributed by atoms with Crippen molar-refractivity contribution in [1.29, 1.82) is 0 Å². The minimum Gasteiger partial charge on any atom is -1.00 e. The number of nitrogens with two attached hydrogens (primary N) is 2. The van der Waals surface area contributed by atoms with Crippen LogP contribution in [0.3, 0.4) is 0 Å². The van der Waals surface area contributed by atoms with Crippen molar-refractivity contribution in [3.05, 3.63) is 169 Å². The van der Waals surface area contributed by atoms with E-state index >= 15 is 24.0 Å². The summed E-state index contributed by atoms with van der Waals surface area (Å²) in [6.45, 7) is 5.01. The number of alkyl halides is 3. The number of aliphatic hydroxyl groups is 8. The zero-order valence-electron chi connectivity index (χ0n) is 78.1. The number of aliphatic hydroxyl groups excluding tert-OH is 8. The molecule has 8 aliphatic heterocycles. The van der Waals surface area contributed by atoms with E-state index in [1.807, 2.05) is 21.1 Å². The monoisotopic (exact) mass is 2100 g/mol. The Kier molecular flexibility index (Phi) is 36.9. The number of ether oxygens (including phenoxy) is 9. The van der Waals surface area contributed by atoms with Gasteiger partial charge in [0.25, 0.3) is 5.91 Å². The molecule has 790 valence electrons. The zero-order chi connectivity index (χ0) is 104. The Hall–Kier alpha value is -12.0. The average Bonchev–Trinajstić information content (AvgIpc) is 0.753. The molecule has 1 aromatic heterocycles. The predicted octanol–water partition coefficient (Wildman–Crippen LogP) is -2.63. The fraction of sp³-hybridized carbons (Fsp3) is 0.473. The standard InChI is InChI=1S/C92H110Cl2F3N15O31.CH4.ClH/c1-37(2)25-50(100-5)81(126)109-67-69(117)41-12-17-54(48(93)27-41)136-56-29-43-30-57(77(56)141-89-75(123)73(121)78(59(36-113)139-89)142-88-74(122)72(120)71(119)58(138-88)35-101-20-23-111-22-19-61(105-90(111)134)104-80(125)39-9-14-44(15-10-39)143-92(95,96)97)137-55-18-13-42(28-49(55)94)76(140-62-33-91(4,99)79(124)38(3)135-62)68-86(131)108-66(87(132)133)46-31-53(115)47(34-102-21-24-112(6,7)8)70(118)63(46)45-26-40(11-16-52(45)114)64(83(128)110-68)107-84(129)65(43)106-82(127)51(32-60(98)116)103-85(67)130;;/h9-19,22,26-31,37-38,50-51,58-59,62,64-69,71-76,78-79,88-89,100-102,113,117,119-124H,20-21,23-25,32-36,99H2,1-8H3,(H12-,98,103,104,105,106,107,108,109,110,114,115,116,118,125,126,127,128,129,130,131,132,133,134);1H4;1H/t38-,50+,51-,58+,59+,62?,64+,65+,66+,67?,68-,69+,71-,72-,73+,74+,75+,76+,78+,79-,88-,89-,91-;;/m0../s1. The van der Waals surface area contributed by atoms with Gasteiger partial charge in [0.05, 0.1) is 74.6 Å². The summed E-state index contributed by atoms with van der Waals surface area (Å²) in [6.07, 6.45) is -34.4. The number of carboxylic acid groups (broad SMARTS) is 1. The molecule has 8 amide bonds. The highest BCUT2D eigenvalue weighted by Gasteiger charge is 2.54. The van der Waals surface area contributed by atoms with Crippen LogP contribution in [-0.4, -0.2) is 305 Å². The van der Waals surface area contributed by atoms with Crippen LogP contribution in [0.2, 0.25) is 10.0 Å². The molecule has 3 saturated heterocycles. The summed E-state index contributed by atoms with van der Waals surface area (Å²) >= 11 is 14.6. The number of carboxylic acids is 1. The zero-order valence-corrected chi connectivity index (χ0v) is 80.4. The number of rotatable bonds is 28. The summed E-state index contributed by atoms with van der Waals surface area (Å²) in [6, 6.07) is 2.81. The third kappa shape index (κ3) is 26.7. The molecule has 15 rings (SSSR count). The number of benzene rings is 6. The van der Waals surface area contributed by atoms with Crippen molar-refractivity contribution >= 4 is 82.2 Å². The lowest BCUT2D eigenvalue weighted by atomic mass is 9.86. The second kappa shape index (κ2) is 47.2. The van der Waals surface area contributed by atoms with E-state index in [0.29, 0.717) is 11.0 Å². The van der Waals surface area contributed by atoms with Gasteiger partial charge in [0.1, 0.15) is 132 Å². The maximum Gasteiger partial charge on any atom is 0.573 e. The first-order valence-electron chi connectivity index (χ1n) is 45.0. The Morgan fingerprint density at radius 1 is 0.697 bits per heavy atom. The molecule has 7 aromatic rings. The van der Waals surface area contributed by atoms with E-state index in [-0.39, 0.29) is 86.4 Å². The van der Waals surface area contributed by atoms with Crippen molar-refractivity contribution in [2.45, 2.75) is 214 Å². The van der Waals surface area contributed by atoms with Crippen molar-refractivity contribution in [2.24, 2.45) is 17.4 Å². The van der Waals surface area contributed by atoms with E-state index in [1.54, 1.807) is 13.8 Å². The van der Waals surface area contributed by atoms with Gasteiger partial charge in [-0.15, -0.1) is 13.2 Å². The number of aromatic hydroxyl groups is 3. The molecule has 0 radical (unpaired) electrons. The maximum absolute atomic E-state index is 16.7. The van der Waals surface area contributed by atoms with Gasteiger partial charge in [-0.2, -0.15) is 4.98 Å². The first kappa shape index (κ1) is 113. The Morgan fingerprint density at radius 2 is 1.32 bits per heavy atom. The summed E-state index contributed by atoms with van der Waals surface area (Å²) in [5.41, 5.74) is 6.54. The number of nitrogens with zero attached hydrogens (tertiary/aromatic N) is 3. The summed E-state index contributed by atoms with van der Waals surface area (Å²) < 4.78 is 94.8. The number of aliphatic carboxylic acids is 1. The lowest BCUT2D eigenvalue weighted by molar-refractivity contribution is -0.869. The van der Waals surface area contributed by atoms with Gasteiger partial charge in [0, 0.05) is 73.1 Å². The summed E-state index contributed by atoms with van der Waals surface area (Å²) in [5.74, 6) is -18.9. The molecular formula is C93H115Cl3F3N15O31. The molecule has 26 N–H and O–H groups in total. The van der Waals surface area contributed by atoms with Gasteiger partial charge in [-0.3, -0.25) is 42.9 Å². The molecule has 145 heavy (non-hydrogen) atoms. The molecule has 0 saturated carbocycles. The molecule has 23 atom stereocenters. The fourth-order valence-electron chi connectivity index (χ4n) is 17.0. The second-order valence-electron chi connectivity index (χ2n) is 36.8. The van der Waals surface area contributed by atoms with E-state index in [2.05, 4.69) is 62.9 Å². The number of amides is 8. The number of hydrogen-bond donors (Lipinski definition) is 24. The third-order valence-electron chi connectivity index (χ3n) is 24.6. The second-order valence-corrected chi connectivity index (χ2v) is 37.6. The molecule has 52 heteroatoms. The van der Waals surface area contributed by atoms with Crippen LogP contribution in [0, 0.1) is 5.92 Å². The molecule has 8 aliphatic rings. The number of carbonyl (C=O) groups is 9. The van der Waals surface area contributed by atoms with Crippen LogP contribution in [-0.2, 0) is 75.1 Å². The number of phenolic OH excluding ortho intramolecular Hbond substituents is 3. The van der Waals surface area contributed by atoms with Gasteiger partial charge in [-0.1, -0.05) is 62.7 Å². The topological polar surface area (TPSA) is 687 Å². The smallest absolute Gasteiger partial charge is 0.573 e. The highest BCUT2D eigenvalue weighted by atomic mass is 35.5. The molecule has 2 unspecified atom stereocenters. The van der Waals surface area contributed by atoms with E-state index in [4.69, 9.17) is 72.6 Å². The lowest BCUT2D eigenvalue weighted by Gasteiger charge is -2.46. The van der Waals surface area contributed by atoms with E-state index in [9.17, 15) is 98.4 Å². The van der Waals surface area contributed by atoms with Gasteiger partial charge in [0.2, 0.25) is 53.4 Å². The normalized spacial score (nSPS) is 27.3. The molecule has 9 heterocycles. The number of primary amides is 1. The fourth-order valence-corrected chi connectivity index (χ4v) is 17.4. The van der Waals surface area contributed by atoms with Crippen LogP contribution in [0.4, 0.5) is 19.0 Å². The molecule has 3 fully saturated rings. The van der Waals surface area contributed by atoms with Crippen LogP contribution in [0.25, 0.3) is 11.1 Å². The van der Waals surface area contributed by atoms with Crippen LogP contribution in [0.5, 0.6) is 51.7 Å². The summed E-state index contributed by atoms with van der Waals surface area (Å²) in [4.78, 5) is 152.